The van der Waals surface area contributed by atoms with Gasteiger partial charge in [0.15, 0.2) is 0 Å². The largest absolute Gasteiger partial charge is 0.497 e. The molecule has 1 unspecified atom stereocenters. The summed E-state index contributed by atoms with van der Waals surface area (Å²) in [5, 5.41) is 3.06. The van der Waals surface area contributed by atoms with Gasteiger partial charge in [-0.15, -0.1) is 0 Å². The standard InChI is InChI=1S/C30H32N2O4S/c1-5-6-17-36-25-14-9-22(10-15-25)20(2)31-29(33)23-11-16-27-26(19-23)32(3)30(34)28(37-27)18-21-7-12-24(35-4)13-8-21/h7-16,18-20H,5-6,17H2,1-4H3,(H,31,33). The van der Waals surface area contributed by atoms with E-state index in [9.17, 15) is 9.59 Å². The van der Waals surface area contributed by atoms with E-state index in [0.29, 0.717) is 17.1 Å². The number of hydrogen-bond donors (Lipinski definition) is 1. The number of ether oxygens (including phenoxy) is 2. The molecule has 0 aliphatic carbocycles. The fourth-order valence-electron chi connectivity index (χ4n) is 3.94. The first-order chi connectivity index (χ1) is 17.9. The molecule has 0 fully saturated rings. The summed E-state index contributed by atoms with van der Waals surface area (Å²) in [4.78, 5) is 29.2. The van der Waals surface area contributed by atoms with Crippen molar-refractivity contribution in [1.82, 2.24) is 5.32 Å². The second-order valence-corrected chi connectivity index (χ2v) is 9.98. The first-order valence-electron chi connectivity index (χ1n) is 12.4. The zero-order valence-corrected chi connectivity index (χ0v) is 22.4. The second kappa shape index (κ2) is 12.0. The fraction of sp³-hybridized carbons (Fsp3) is 0.267. The SMILES string of the molecule is CCCCOc1ccc(C(C)NC(=O)c2ccc3c(c2)N(C)C(=O)C(=Cc2ccc(OC)cc2)S3)cc1. The molecule has 0 saturated heterocycles. The number of rotatable bonds is 9. The van der Waals surface area contributed by atoms with Crippen LogP contribution in [0.3, 0.4) is 0 Å². The number of nitrogens with one attached hydrogen (secondary N) is 1. The average Bonchev–Trinajstić information content (AvgIpc) is 2.92. The van der Waals surface area contributed by atoms with Gasteiger partial charge in [0.25, 0.3) is 11.8 Å². The molecule has 1 N–H and O–H groups in total. The van der Waals surface area contributed by atoms with E-state index in [0.717, 1.165) is 46.1 Å². The summed E-state index contributed by atoms with van der Waals surface area (Å²) in [5.41, 5.74) is 3.13. The molecular formula is C30H32N2O4S. The van der Waals surface area contributed by atoms with E-state index in [-0.39, 0.29) is 17.9 Å². The number of thioether (sulfide) groups is 1. The lowest BCUT2D eigenvalue weighted by Gasteiger charge is -2.27. The maximum Gasteiger partial charge on any atom is 0.264 e. The molecule has 1 heterocycles. The molecule has 2 amide bonds. The highest BCUT2D eigenvalue weighted by atomic mass is 32.2. The smallest absolute Gasteiger partial charge is 0.264 e. The Morgan fingerprint density at radius 3 is 2.43 bits per heavy atom. The Labute approximate surface area is 222 Å². The third-order valence-corrected chi connectivity index (χ3v) is 7.30. The lowest BCUT2D eigenvalue weighted by atomic mass is 10.1. The van der Waals surface area contributed by atoms with Gasteiger partial charge in [-0.3, -0.25) is 9.59 Å². The highest BCUT2D eigenvalue weighted by molar-refractivity contribution is 8.04. The quantitative estimate of drug-likeness (QED) is 0.261. The maximum absolute atomic E-state index is 13.1. The molecule has 0 aromatic heterocycles. The summed E-state index contributed by atoms with van der Waals surface area (Å²) in [6.45, 7) is 4.78. The number of carbonyl (C=O) groups is 2. The van der Waals surface area contributed by atoms with E-state index in [1.807, 2.05) is 67.6 Å². The van der Waals surface area contributed by atoms with Crippen LogP contribution < -0.4 is 19.7 Å². The molecule has 1 atom stereocenters. The molecule has 1 aliphatic rings. The number of methoxy groups -OCH3 is 1. The highest BCUT2D eigenvalue weighted by Crippen LogP contribution is 2.42. The third kappa shape index (κ3) is 6.35. The normalized spacial score (nSPS) is 14.8. The van der Waals surface area contributed by atoms with E-state index in [1.165, 1.54) is 11.8 Å². The summed E-state index contributed by atoms with van der Waals surface area (Å²) >= 11 is 1.41. The van der Waals surface area contributed by atoms with Gasteiger partial charge in [0.1, 0.15) is 11.5 Å². The van der Waals surface area contributed by atoms with E-state index in [4.69, 9.17) is 9.47 Å². The van der Waals surface area contributed by atoms with Crippen molar-refractivity contribution in [1.29, 1.82) is 0 Å². The van der Waals surface area contributed by atoms with E-state index < -0.39 is 0 Å². The van der Waals surface area contributed by atoms with Gasteiger partial charge >= 0.3 is 0 Å². The van der Waals surface area contributed by atoms with Gasteiger partial charge in [-0.05, 0) is 73.0 Å². The summed E-state index contributed by atoms with van der Waals surface area (Å²) in [6, 6.07) is 20.7. The molecule has 7 heteroatoms. The minimum absolute atomic E-state index is 0.111. The molecule has 4 rings (SSSR count). The molecule has 192 valence electrons. The van der Waals surface area contributed by atoms with Gasteiger partial charge in [0, 0.05) is 17.5 Å². The van der Waals surface area contributed by atoms with Crippen molar-refractivity contribution in [2.24, 2.45) is 0 Å². The number of anilines is 1. The van der Waals surface area contributed by atoms with Crippen LogP contribution in [0.5, 0.6) is 11.5 Å². The fourth-order valence-corrected chi connectivity index (χ4v) is 5.03. The first-order valence-corrected chi connectivity index (χ1v) is 13.2. The molecule has 0 saturated carbocycles. The van der Waals surface area contributed by atoms with Gasteiger partial charge in [-0.25, -0.2) is 0 Å². The Hall–Kier alpha value is -3.71. The van der Waals surface area contributed by atoms with E-state index in [1.54, 1.807) is 31.2 Å². The zero-order chi connectivity index (χ0) is 26.4. The van der Waals surface area contributed by atoms with Gasteiger partial charge in [-0.1, -0.05) is 49.4 Å². The number of carbonyl (C=O) groups excluding carboxylic acids is 2. The van der Waals surface area contributed by atoms with Crippen LogP contribution >= 0.6 is 11.8 Å². The Bertz CT molecular complexity index is 1290. The van der Waals surface area contributed by atoms with Crippen molar-refractivity contribution in [2.45, 2.75) is 37.6 Å². The van der Waals surface area contributed by atoms with Crippen LogP contribution in [0.1, 0.15) is 54.2 Å². The average molecular weight is 517 g/mol. The van der Waals surface area contributed by atoms with Crippen LogP contribution in [0, 0.1) is 0 Å². The van der Waals surface area contributed by atoms with Crippen molar-refractivity contribution < 1.29 is 19.1 Å². The van der Waals surface area contributed by atoms with Crippen LogP contribution in [-0.4, -0.2) is 32.6 Å². The lowest BCUT2D eigenvalue weighted by Crippen LogP contribution is -2.31. The predicted molar refractivity (Wildman–Crippen MR) is 149 cm³/mol. The van der Waals surface area contributed by atoms with Gasteiger partial charge < -0.3 is 19.7 Å². The Balaban J connectivity index is 1.44. The Kier molecular flexibility index (Phi) is 8.56. The number of benzene rings is 3. The summed E-state index contributed by atoms with van der Waals surface area (Å²) in [5.74, 6) is 1.29. The van der Waals surface area contributed by atoms with Crippen LogP contribution in [-0.2, 0) is 4.79 Å². The minimum atomic E-state index is -0.191. The molecule has 0 radical (unpaired) electrons. The molecular weight excluding hydrogens is 484 g/mol. The van der Waals surface area contributed by atoms with Crippen LogP contribution in [0.25, 0.3) is 6.08 Å². The summed E-state index contributed by atoms with van der Waals surface area (Å²) < 4.78 is 10.9. The Morgan fingerprint density at radius 2 is 1.76 bits per heavy atom. The summed E-state index contributed by atoms with van der Waals surface area (Å²) in [7, 11) is 3.36. The molecule has 0 bridgehead atoms. The van der Waals surface area contributed by atoms with Crippen LogP contribution in [0.15, 0.2) is 76.5 Å². The molecule has 37 heavy (non-hydrogen) atoms. The number of fused-ring (bicyclic) bond motifs is 1. The number of amides is 2. The van der Waals surface area contributed by atoms with Crippen molar-refractivity contribution in [3.8, 4) is 11.5 Å². The van der Waals surface area contributed by atoms with Crippen molar-refractivity contribution >= 4 is 35.3 Å². The third-order valence-electron chi connectivity index (χ3n) is 6.23. The number of likely N-dealkylation sites (N-methyl/N-ethyl adjacent to an activating group) is 1. The van der Waals surface area contributed by atoms with Gasteiger partial charge in [0.2, 0.25) is 0 Å². The Morgan fingerprint density at radius 1 is 1.05 bits per heavy atom. The lowest BCUT2D eigenvalue weighted by molar-refractivity contribution is -0.114. The summed E-state index contributed by atoms with van der Waals surface area (Å²) in [6.07, 6.45) is 3.98. The number of hydrogen-bond acceptors (Lipinski definition) is 5. The van der Waals surface area contributed by atoms with Crippen molar-refractivity contribution in [2.75, 3.05) is 25.7 Å². The van der Waals surface area contributed by atoms with Crippen molar-refractivity contribution in [3.05, 3.63) is 88.3 Å². The molecule has 3 aromatic carbocycles. The molecule has 0 spiro atoms. The topological polar surface area (TPSA) is 67.9 Å². The maximum atomic E-state index is 13.1. The van der Waals surface area contributed by atoms with E-state index >= 15 is 0 Å². The predicted octanol–water partition coefficient (Wildman–Crippen LogP) is 6.47. The van der Waals surface area contributed by atoms with Gasteiger partial charge in [-0.2, -0.15) is 0 Å². The van der Waals surface area contributed by atoms with Crippen LogP contribution in [0.2, 0.25) is 0 Å². The number of unbranched alkanes of at least 4 members (excludes halogenated alkanes) is 1. The minimum Gasteiger partial charge on any atom is -0.497 e. The number of nitrogens with zero attached hydrogens (tertiary/aromatic N) is 1. The first kappa shape index (κ1) is 26.4. The van der Waals surface area contributed by atoms with Crippen molar-refractivity contribution in [3.63, 3.8) is 0 Å². The monoisotopic (exact) mass is 516 g/mol. The zero-order valence-electron chi connectivity index (χ0n) is 21.6. The molecule has 1 aliphatic heterocycles. The highest BCUT2D eigenvalue weighted by Gasteiger charge is 2.27. The van der Waals surface area contributed by atoms with Crippen LogP contribution in [0.4, 0.5) is 5.69 Å². The van der Waals surface area contributed by atoms with Gasteiger partial charge in [0.05, 0.1) is 30.4 Å². The second-order valence-electron chi connectivity index (χ2n) is 8.90. The molecule has 6 nitrogen and oxygen atoms in total. The van der Waals surface area contributed by atoms with E-state index in [2.05, 4.69) is 12.2 Å². The molecule has 3 aromatic rings.